The van der Waals surface area contributed by atoms with Crippen LogP contribution in [0.5, 0.6) is 0 Å². The summed E-state index contributed by atoms with van der Waals surface area (Å²) >= 11 is 0. The number of piperazine rings is 1. The Bertz CT molecular complexity index is 371. The predicted molar refractivity (Wildman–Crippen MR) is 64.0 cm³/mol. The first-order valence-electron chi connectivity index (χ1n) is 5.76. The van der Waals surface area contributed by atoms with Gasteiger partial charge in [0.1, 0.15) is 0 Å². The number of hydrogen-bond acceptors (Lipinski definition) is 3. The molecule has 0 saturated carbocycles. The van der Waals surface area contributed by atoms with Crippen LogP contribution >= 0.6 is 0 Å². The van der Waals surface area contributed by atoms with Gasteiger partial charge in [0.05, 0.1) is 11.6 Å². The fourth-order valence-electron chi connectivity index (χ4n) is 2.12. The third-order valence-corrected chi connectivity index (χ3v) is 3.22. The van der Waals surface area contributed by atoms with Crippen molar-refractivity contribution in [1.82, 2.24) is 10.2 Å². The zero-order valence-electron chi connectivity index (χ0n) is 9.61. The first kappa shape index (κ1) is 11.1. The van der Waals surface area contributed by atoms with Gasteiger partial charge in [-0.2, -0.15) is 5.26 Å². The van der Waals surface area contributed by atoms with Crippen LogP contribution in [0, 0.1) is 11.3 Å². The van der Waals surface area contributed by atoms with Crippen LogP contribution in [0.25, 0.3) is 0 Å². The number of nitriles is 1. The normalized spacial score (nSPS) is 19.0. The van der Waals surface area contributed by atoms with E-state index in [-0.39, 0.29) is 0 Å². The molecule has 0 aliphatic carbocycles. The fourth-order valence-corrected chi connectivity index (χ4v) is 2.12. The van der Waals surface area contributed by atoms with Gasteiger partial charge in [-0.25, -0.2) is 0 Å². The van der Waals surface area contributed by atoms with Crippen molar-refractivity contribution in [3.05, 3.63) is 35.4 Å². The molecular formula is C13H17N3. The zero-order valence-corrected chi connectivity index (χ0v) is 9.61. The Morgan fingerprint density at radius 1 is 1.25 bits per heavy atom. The summed E-state index contributed by atoms with van der Waals surface area (Å²) in [5.41, 5.74) is 2.03. The van der Waals surface area contributed by atoms with Gasteiger partial charge in [0.2, 0.25) is 0 Å². The van der Waals surface area contributed by atoms with E-state index in [1.807, 2.05) is 12.1 Å². The van der Waals surface area contributed by atoms with E-state index in [0.717, 1.165) is 31.7 Å². The van der Waals surface area contributed by atoms with Crippen LogP contribution in [0.3, 0.4) is 0 Å². The van der Waals surface area contributed by atoms with Crippen molar-refractivity contribution in [1.29, 1.82) is 5.26 Å². The smallest absolute Gasteiger partial charge is 0.0991 e. The second-order valence-corrected chi connectivity index (χ2v) is 4.20. The number of benzene rings is 1. The van der Waals surface area contributed by atoms with Crippen LogP contribution in [-0.2, 0) is 0 Å². The molecule has 1 aliphatic rings. The standard InChI is InChI=1S/C13H17N3/c1-11(16-8-6-15-7-9-16)13-4-2-12(10-14)3-5-13/h2-5,11,15H,6-9H2,1H3/t11-/m1/s1. The van der Waals surface area contributed by atoms with Crippen molar-refractivity contribution in [3.8, 4) is 6.07 Å². The molecule has 3 nitrogen and oxygen atoms in total. The van der Waals surface area contributed by atoms with Crippen LogP contribution in [-0.4, -0.2) is 31.1 Å². The van der Waals surface area contributed by atoms with Gasteiger partial charge in [-0.1, -0.05) is 12.1 Å². The van der Waals surface area contributed by atoms with Gasteiger partial charge in [0, 0.05) is 32.2 Å². The summed E-state index contributed by atoms with van der Waals surface area (Å²) in [6, 6.07) is 10.5. The van der Waals surface area contributed by atoms with Gasteiger partial charge in [-0.15, -0.1) is 0 Å². The Morgan fingerprint density at radius 3 is 2.44 bits per heavy atom. The van der Waals surface area contributed by atoms with E-state index in [4.69, 9.17) is 5.26 Å². The highest BCUT2D eigenvalue weighted by molar-refractivity contribution is 5.32. The zero-order chi connectivity index (χ0) is 11.4. The number of hydrogen-bond donors (Lipinski definition) is 1. The quantitative estimate of drug-likeness (QED) is 0.813. The van der Waals surface area contributed by atoms with E-state index >= 15 is 0 Å². The molecule has 1 saturated heterocycles. The second kappa shape index (κ2) is 5.11. The molecule has 2 rings (SSSR count). The maximum atomic E-state index is 8.75. The lowest BCUT2D eigenvalue weighted by atomic mass is 10.0. The van der Waals surface area contributed by atoms with Crippen LogP contribution in [0.15, 0.2) is 24.3 Å². The molecule has 3 heteroatoms. The van der Waals surface area contributed by atoms with Crippen LogP contribution in [0.4, 0.5) is 0 Å². The summed E-state index contributed by atoms with van der Waals surface area (Å²) in [6.07, 6.45) is 0. The highest BCUT2D eigenvalue weighted by Gasteiger charge is 2.17. The van der Waals surface area contributed by atoms with Crippen molar-refractivity contribution in [2.24, 2.45) is 0 Å². The van der Waals surface area contributed by atoms with E-state index < -0.39 is 0 Å². The summed E-state index contributed by atoms with van der Waals surface area (Å²) in [7, 11) is 0. The SMILES string of the molecule is C[C@H](c1ccc(C#N)cc1)N1CCNCC1. The highest BCUT2D eigenvalue weighted by atomic mass is 15.2. The molecule has 0 amide bonds. The molecule has 1 aromatic rings. The Morgan fingerprint density at radius 2 is 1.88 bits per heavy atom. The summed E-state index contributed by atoms with van der Waals surface area (Å²) in [4.78, 5) is 2.47. The van der Waals surface area contributed by atoms with E-state index in [1.165, 1.54) is 5.56 Å². The van der Waals surface area contributed by atoms with E-state index in [1.54, 1.807) is 0 Å². The lowest BCUT2D eigenvalue weighted by Gasteiger charge is -2.33. The molecule has 0 aromatic heterocycles. The Balaban J connectivity index is 2.07. The van der Waals surface area contributed by atoms with Gasteiger partial charge < -0.3 is 5.32 Å². The van der Waals surface area contributed by atoms with Crippen LogP contribution < -0.4 is 5.32 Å². The van der Waals surface area contributed by atoms with Gasteiger partial charge in [0.15, 0.2) is 0 Å². The van der Waals surface area contributed by atoms with Crippen molar-refractivity contribution in [2.45, 2.75) is 13.0 Å². The molecule has 84 valence electrons. The maximum Gasteiger partial charge on any atom is 0.0991 e. The Kier molecular flexibility index (Phi) is 3.55. The van der Waals surface area contributed by atoms with Crippen LogP contribution in [0.2, 0.25) is 0 Å². The van der Waals surface area contributed by atoms with Crippen molar-refractivity contribution >= 4 is 0 Å². The average Bonchev–Trinajstić information content (AvgIpc) is 2.39. The molecule has 1 aromatic carbocycles. The topological polar surface area (TPSA) is 39.1 Å². The average molecular weight is 215 g/mol. The summed E-state index contributed by atoms with van der Waals surface area (Å²) in [5.74, 6) is 0. The molecule has 0 spiro atoms. The summed E-state index contributed by atoms with van der Waals surface area (Å²) in [6.45, 7) is 6.57. The summed E-state index contributed by atoms with van der Waals surface area (Å²) in [5, 5.41) is 12.1. The molecule has 1 fully saturated rings. The van der Waals surface area contributed by atoms with Gasteiger partial charge in [0.25, 0.3) is 0 Å². The van der Waals surface area contributed by atoms with Gasteiger partial charge >= 0.3 is 0 Å². The van der Waals surface area contributed by atoms with E-state index in [9.17, 15) is 0 Å². The molecule has 0 unspecified atom stereocenters. The maximum absolute atomic E-state index is 8.75. The van der Waals surface area contributed by atoms with E-state index in [2.05, 4.69) is 35.3 Å². The molecule has 1 N–H and O–H groups in total. The van der Waals surface area contributed by atoms with Crippen molar-refractivity contribution < 1.29 is 0 Å². The lowest BCUT2D eigenvalue weighted by molar-refractivity contribution is 0.185. The van der Waals surface area contributed by atoms with E-state index in [0.29, 0.717) is 6.04 Å². The lowest BCUT2D eigenvalue weighted by Crippen LogP contribution is -2.44. The fraction of sp³-hybridized carbons (Fsp3) is 0.462. The minimum atomic E-state index is 0.440. The largest absolute Gasteiger partial charge is 0.314 e. The molecule has 0 bridgehead atoms. The van der Waals surface area contributed by atoms with Crippen LogP contribution in [0.1, 0.15) is 24.1 Å². The molecular weight excluding hydrogens is 198 g/mol. The number of nitrogens with zero attached hydrogens (tertiary/aromatic N) is 2. The minimum Gasteiger partial charge on any atom is -0.314 e. The molecule has 1 aliphatic heterocycles. The summed E-state index contributed by atoms with van der Waals surface area (Å²) < 4.78 is 0. The molecule has 0 radical (unpaired) electrons. The van der Waals surface area contributed by atoms with Gasteiger partial charge in [-0.3, -0.25) is 4.90 Å². The Hall–Kier alpha value is -1.37. The molecule has 1 atom stereocenters. The number of rotatable bonds is 2. The second-order valence-electron chi connectivity index (χ2n) is 4.20. The van der Waals surface area contributed by atoms with Crippen molar-refractivity contribution in [3.63, 3.8) is 0 Å². The Labute approximate surface area is 96.7 Å². The highest BCUT2D eigenvalue weighted by Crippen LogP contribution is 2.20. The predicted octanol–water partition coefficient (Wildman–Crippen LogP) is 1.52. The number of nitrogens with one attached hydrogen (secondary N) is 1. The third kappa shape index (κ3) is 2.41. The minimum absolute atomic E-state index is 0.440. The van der Waals surface area contributed by atoms with Crippen molar-refractivity contribution in [2.75, 3.05) is 26.2 Å². The van der Waals surface area contributed by atoms with Gasteiger partial charge in [-0.05, 0) is 24.6 Å². The molecule has 1 heterocycles. The third-order valence-electron chi connectivity index (χ3n) is 3.22. The monoisotopic (exact) mass is 215 g/mol. The first-order chi connectivity index (χ1) is 7.81. The first-order valence-corrected chi connectivity index (χ1v) is 5.76. The molecule has 16 heavy (non-hydrogen) atoms.